The number of rotatable bonds is 1. The number of H-pyrrole nitrogens is 1. The molecule has 17 heavy (non-hydrogen) atoms. The third-order valence-electron chi connectivity index (χ3n) is 2.78. The average Bonchev–Trinajstić information content (AvgIpc) is 2.65. The molecule has 2 aromatic carbocycles. The molecule has 0 atom stereocenters. The molecule has 0 aliphatic rings. The van der Waals surface area contributed by atoms with Crippen LogP contribution in [0.2, 0.25) is 0 Å². The van der Waals surface area contributed by atoms with Crippen LogP contribution in [0.25, 0.3) is 21.8 Å². The standard InChI is InChI=1S/C12H9NO3S/c14-17(15,16)8-5-6-10-9-3-1-2-4-11(9)13-12(10)7-8/h1-7,13H,(H,14,15,16). The molecule has 0 bridgehead atoms. The van der Waals surface area contributed by atoms with Crippen molar-refractivity contribution in [1.82, 2.24) is 4.98 Å². The Morgan fingerprint density at radius 1 is 0.941 bits per heavy atom. The number of hydrogen-bond donors (Lipinski definition) is 2. The summed E-state index contributed by atoms with van der Waals surface area (Å²) in [7, 11) is -4.15. The summed E-state index contributed by atoms with van der Waals surface area (Å²) in [5, 5.41) is 1.97. The van der Waals surface area contributed by atoms with E-state index >= 15 is 0 Å². The van der Waals surface area contributed by atoms with Crippen molar-refractivity contribution in [2.45, 2.75) is 4.90 Å². The van der Waals surface area contributed by atoms with E-state index in [2.05, 4.69) is 4.98 Å². The Morgan fingerprint density at radius 3 is 2.41 bits per heavy atom. The molecule has 0 fully saturated rings. The summed E-state index contributed by atoms with van der Waals surface area (Å²) in [6, 6.07) is 12.2. The van der Waals surface area contributed by atoms with Gasteiger partial charge in [0.2, 0.25) is 0 Å². The molecule has 86 valence electrons. The van der Waals surface area contributed by atoms with Crippen LogP contribution in [0.15, 0.2) is 47.4 Å². The first kappa shape index (κ1) is 10.3. The maximum atomic E-state index is 11.0. The normalized spacial score (nSPS) is 12.3. The summed E-state index contributed by atoms with van der Waals surface area (Å²) in [5.41, 5.74) is 1.64. The Balaban J connectivity index is 2.42. The van der Waals surface area contributed by atoms with E-state index in [9.17, 15) is 8.42 Å². The van der Waals surface area contributed by atoms with Gasteiger partial charge in [-0.15, -0.1) is 0 Å². The molecule has 0 saturated heterocycles. The summed E-state index contributed by atoms with van der Waals surface area (Å²) in [4.78, 5) is 3.01. The molecule has 1 heterocycles. The first-order chi connectivity index (χ1) is 8.05. The lowest BCUT2D eigenvalue weighted by molar-refractivity contribution is 0.483. The fourth-order valence-electron chi connectivity index (χ4n) is 1.99. The molecule has 5 heteroatoms. The predicted octanol–water partition coefficient (Wildman–Crippen LogP) is 2.57. The number of fused-ring (bicyclic) bond motifs is 3. The molecular formula is C12H9NO3S. The maximum absolute atomic E-state index is 11.0. The SMILES string of the molecule is O=S(=O)(O)c1ccc2c(c1)[nH]c1ccccc12. The van der Waals surface area contributed by atoms with Crippen LogP contribution in [0.1, 0.15) is 0 Å². The molecular weight excluding hydrogens is 238 g/mol. The zero-order valence-corrected chi connectivity index (χ0v) is 9.53. The van der Waals surface area contributed by atoms with Crippen molar-refractivity contribution in [3.8, 4) is 0 Å². The molecule has 0 amide bonds. The number of hydrogen-bond acceptors (Lipinski definition) is 2. The van der Waals surface area contributed by atoms with Gasteiger partial charge in [-0.3, -0.25) is 4.55 Å². The minimum absolute atomic E-state index is 0.100. The van der Waals surface area contributed by atoms with Gasteiger partial charge in [-0.05, 0) is 18.2 Å². The molecule has 0 radical (unpaired) electrons. The van der Waals surface area contributed by atoms with Gasteiger partial charge in [0.15, 0.2) is 0 Å². The van der Waals surface area contributed by atoms with E-state index < -0.39 is 10.1 Å². The zero-order chi connectivity index (χ0) is 12.0. The minimum Gasteiger partial charge on any atom is -0.354 e. The van der Waals surface area contributed by atoms with Crippen molar-refractivity contribution in [1.29, 1.82) is 0 Å². The van der Waals surface area contributed by atoms with Crippen LogP contribution in [-0.4, -0.2) is 18.0 Å². The van der Waals surface area contributed by atoms with Crippen LogP contribution in [-0.2, 0) is 10.1 Å². The molecule has 4 nitrogen and oxygen atoms in total. The summed E-state index contributed by atoms with van der Waals surface area (Å²) in [6.07, 6.45) is 0. The number of nitrogens with one attached hydrogen (secondary N) is 1. The fraction of sp³-hybridized carbons (Fsp3) is 0. The highest BCUT2D eigenvalue weighted by atomic mass is 32.2. The highest BCUT2D eigenvalue weighted by molar-refractivity contribution is 7.85. The van der Waals surface area contributed by atoms with Gasteiger partial charge >= 0.3 is 0 Å². The molecule has 0 aliphatic heterocycles. The Hall–Kier alpha value is -1.85. The largest absolute Gasteiger partial charge is 0.354 e. The maximum Gasteiger partial charge on any atom is 0.294 e. The highest BCUT2D eigenvalue weighted by Crippen LogP contribution is 2.26. The van der Waals surface area contributed by atoms with Gasteiger partial charge in [-0.2, -0.15) is 8.42 Å². The third-order valence-corrected chi connectivity index (χ3v) is 3.63. The predicted molar refractivity (Wildman–Crippen MR) is 65.6 cm³/mol. The topological polar surface area (TPSA) is 70.2 Å². The van der Waals surface area contributed by atoms with Crippen molar-refractivity contribution >= 4 is 31.9 Å². The Kier molecular flexibility index (Phi) is 2.01. The number of para-hydroxylation sites is 1. The number of aromatic amines is 1. The van der Waals surface area contributed by atoms with Crippen molar-refractivity contribution in [3.63, 3.8) is 0 Å². The Labute approximate surface area is 97.6 Å². The van der Waals surface area contributed by atoms with Gasteiger partial charge in [-0.25, -0.2) is 0 Å². The van der Waals surface area contributed by atoms with Crippen LogP contribution >= 0.6 is 0 Å². The van der Waals surface area contributed by atoms with Gasteiger partial charge in [0.1, 0.15) is 0 Å². The summed E-state index contributed by atoms with van der Waals surface area (Å²) in [6.45, 7) is 0. The van der Waals surface area contributed by atoms with Gasteiger partial charge < -0.3 is 4.98 Å². The lowest BCUT2D eigenvalue weighted by Crippen LogP contribution is -1.97. The van der Waals surface area contributed by atoms with E-state index in [-0.39, 0.29) is 4.90 Å². The quantitative estimate of drug-likeness (QED) is 0.649. The third kappa shape index (κ3) is 1.60. The van der Waals surface area contributed by atoms with Gasteiger partial charge in [0.25, 0.3) is 10.1 Å². The molecule has 1 aromatic heterocycles. The van der Waals surface area contributed by atoms with E-state index in [1.807, 2.05) is 24.3 Å². The minimum atomic E-state index is -4.15. The molecule has 0 aliphatic carbocycles. The monoisotopic (exact) mass is 247 g/mol. The van der Waals surface area contributed by atoms with E-state index in [0.717, 1.165) is 16.3 Å². The van der Waals surface area contributed by atoms with Crippen LogP contribution in [0, 0.1) is 0 Å². The van der Waals surface area contributed by atoms with Crippen molar-refractivity contribution in [3.05, 3.63) is 42.5 Å². The second-order valence-corrected chi connectivity index (χ2v) is 5.27. The molecule has 3 aromatic rings. The molecule has 3 rings (SSSR count). The van der Waals surface area contributed by atoms with Crippen molar-refractivity contribution < 1.29 is 13.0 Å². The second-order valence-electron chi connectivity index (χ2n) is 3.85. The molecule has 0 saturated carbocycles. The summed E-state index contributed by atoms with van der Waals surface area (Å²) in [5.74, 6) is 0. The molecule has 0 spiro atoms. The zero-order valence-electron chi connectivity index (χ0n) is 8.71. The first-order valence-electron chi connectivity index (χ1n) is 5.04. The van der Waals surface area contributed by atoms with E-state index in [0.29, 0.717) is 5.52 Å². The Bertz CT molecular complexity index is 818. The lowest BCUT2D eigenvalue weighted by Gasteiger charge is -1.96. The van der Waals surface area contributed by atoms with Crippen LogP contribution in [0.4, 0.5) is 0 Å². The fourth-order valence-corrected chi connectivity index (χ4v) is 2.50. The first-order valence-corrected chi connectivity index (χ1v) is 6.48. The van der Waals surface area contributed by atoms with Gasteiger partial charge in [0.05, 0.1) is 4.90 Å². The summed E-state index contributed by atoms with van der Waals surface area (Å²) >= 11 is 0. The second kappa shape index (κ2) is 3.32. The number of benzene rings is 2. The van der Waals surface area contributed by atoms with E-state index in [1.54, 1.807) is 6.07 Å². The van der Waals surface area contributed by atoms with Crippen LogP contribution < -0.4 is 0 Å². The van der Waals surface area contributed by atoms with Crippen molar-refractivity contribution in [2.75, 3.05) is 0 Å². The molecule has 2 N–H and O–H groups in total. The molecule has 0 unspecified atom stereocenters. The number of aromatic nitrogens is 1. The van der Waals surface area contributed by atoms with Crippen LogP contribution in [0.5, 0.6) is 0 Å². The van der Waals surface area contributed by atoms with Gasteiger partial charge in [-0.1, -0.05) is 24.3 Å². The van der Waals surface area contributed by atoms with Gasteiger partial charge in [0, 0.05) is 21.8 Å². The highest BCUT2D eigenvalue weighted by Gasteiger charge is 2.11. The Morgan fingerprint density at radius 2 is 1.65 bits per heavy atom. The van der Waals surface area contributed by atoms with E-state index in [4.69, 9.17) is 4.55 Å². The lowest BCUT2D eigenvalue weighted by atomic mass is 10.2. The van der Waals surface area contributed by atoms with Crippen molar-refractivity contribution in [2.24, 2.45) is 0 Å². The van der Waals surface area contributed by atoms with E-state index in [1.165, 1.54) is 12.1 Å². The van der Waals surface area contributed by atoms with Crippen LogP contribution in [0.3, 0.4) is 0 Å². The average molecular weight is 247 g/mol. The smallest absolute Gasteiger partial charge is 0.294 e. The summed E-state index contributed by atoms with van der Waals surface area (Å²) < 4.78 is 31.0.